The Morgan fingerprint density at radius 3 is 1.53 bits per heavy atom. The second-order valence-corrected chi connectivity index (χ2v) is 8.19. The highest BCUT2D eigenvalue weighted by atomic mass is 16.5. The number of rotatable bonds is 8. The summed E-state index contributed by atoms with van der Waals surface area (Å²) in [7, 11) is 0. The zero-order chi connectivity index (χ0) is 22.3. The van der Waals surface area contributed by atoms with Crippen LogP contribution in [0, 0.1) is 0 Å². The summed E-state index contributed by atoms with van der Waals surface area (Å²) >= 11 is 0. The van der Waals surface area contributed by atoms with E-state index in [4.69, 9.17) is 16.2 Å². The van der Waals surface area contributed by atoms with E-state index in [2.05, 4.69) is 67.6 Å². The number of aryl methyl sites for hydroxylation is 1. The van der Waals surface area contributed by atoms with Crippen LogP contribution in [-0.2, 0) is 6.42 Å². The van der Waals surface area contributed by atoms with Crippen LogP contribution < -0.4 is 16.2 Å². The molecule has 0 aliphatic rings. The molecule has 0 heterocycles. The highest BCUT2D eigenvalue weighted by molar-refractivity contribution is 5.71. The van der Waals surface area contributed by atoms with Gasteiger partial charge in [0.05, 0.1) is 0 Å². The van der Waals surface area contributed by atoms with Gasteiger partial charge in [0, 0.05) is 23.5 Å². The predicted octanol–water partition coefficient (Wildman–Crippen LogP) is 7.71. The van der Waals surface area contributed by atoms with Crippen molar-refractivity contribution in [3.8, 4) is 33.8 Å². The van der Waals surface area contributed by atoms with Crippen LogP contribution in [0.2, 0.25) is 0 Å². The summed E-state index contributed by atoms with van der Waals surface area (Å²) in [5.41, 5.74) is 19.1. The zero-order valence-corrected chi connectivity index (χ0v) is 18.6. The van der Waals surface area contributed by atoms with Gasteiger partial charge in [-0.05, 0) is 58.9 Å². The molecule has 4 aromatic rings. The molecule has 0 amide bonds. The van der Waals surface area contributed by atoms with Gasteiger partial charge in [0.15, 0.2) is 0 Å². The third kappa shape index (κ3) is 5.50. The van der Waals surface area contributed by atoms with Crippen molar-refractivity contribution in [1.82, 2.24) is 0 Å². The SMILES string of the molecule is CCCCCc1ccc(-c2ccc(-c3ccc(Oc4cc(N)cc(N)c4)cc3)cc2)cc1. The van der Waals surface area contributed by atoms with E-state index in [0.717, 1.165) is 17.7 Å². The first-order valence-electron chi connectivity index (χ1n) is 11.2. The van der Waals surface area contributed by atoms with Gasteiger partial charge in [-0.15, -0.1) is 0 Å². The predicted molar refractivity (Wildman–Crippen MR) is 136 cm³/mol. The quantitative estimate of drug-likeness (QED) is 0.226. The van der Waals surface area contributed by atoms with Crippen LogP contribution in [-0.4, -0.2) is 0 Å². The molecule has 0 aliphatic heterocycles. The minimum absolute atomic E-state index is 0.586. The molecular weight excluding hydrogens is 392 g/mol. The van der Waals surface area contributed by atoms with Gasteiger partial charge in [-0.1, -0.05) is 80.4 Å². The molecule has 0 atom stereocenters. The summed E-state index contributed by atoms with van der Waals surface area (Å²) in [4.78, 5) is 0. The van der Waals surface area contributed by atoms with Crippen LogP contribution in [0.4, 0.5) is 11.4 Å². The van der Waals surface area contributed by atoms with E-state index in [1.807, 2.05) is 12.1 Å². The fourth-order valence-corrected chi connectivity index (χ4v) is 3.85. The number of benzene rings is 4. The average molecular weight is 423 g/mol. The van der Waals surface area contributed by atoms with E-state index in [1.165, 1.54) is 41.5 Å². The maximum absolute atomic E-state index is 5.89. The molecule has 0 saturated heterocycles. The number of ether oxygens (including phenoxy) is 1. The van der Waals surface area contributed by atoms with Crippen molar-refractivity contribution in [2.24, 2.45) is 0 Å². The number of hydrogen-bond acceptors (Lipinski definition) is 3. The molecule has 3 heteroatoms. The Hall–Kier alpha value is -3.72. The Morgan fingerprint density at radius 1 is 0.562 bits per heavy atom. The Morgan fingerprint density at radius 2 is 1.03 bits per heavy atom. The molecule has 4 rings (SSSR count). The summed E-state index contributed by atoms with van der Waals surface area (Å²) < 4.78 is 5.89. The molecular formula is C29H30N2O. The van der Waals surface area contributed by atoms with Gasteiger partial charge in [-0.25, -0.2) is 0 Å². The maximum atomic E-state index is 5.89. The molecule has 32 heavy (non-hydrogen) atoms. The van der Waals surface area contributed by atoms with Crippen molar-refractivity contribution in [3.63, 3.8) is 0 Å². The summed E-state index contributed by atoms with van der Waals surface area (Å²) in [5, 5.41) is 0. The van der Waals surface area contributed by atoms with Crippen LogP contribution >= 0.6 is 0 Å². The maximum Gasteiger partial charge on any atom is 0.131 e. The van der Waals surface area contributed by atoms with Gasteiger partial charge in [0.2, 0.25) is 0 Å². The van der Waals surface area contributed by atoms with Crippen molar-refractivity contribution >= 4 is 11.4 Å². The summed E-state index contributed by atoms with van der Waals surface area (Å²) in [5.74, 6) is 1.38. The van der Waals surface area contributed by atoms with Crippen LogP contribution in [0.3, 0.4) is 0 Å². The summed E-state index contributed by atoms with van der Waals surface area (Å²) in [6.45, 7) is 2.24. The zero-order valence-electron chi connectivity index (χ0n) is 18.6. The Bertz CT molecular complexity index is 1130. The van der Waals surface area contributed by atoms with Crippen LogP contribution in [0.5, 0.6) is 11.5 Å². The van der Waals surface area contributed by atoms with E-state index in [1.54, 1.807) is 18.2 Å². The van der Waals surface area contributed by atoms with Gasteiger partial charge >= 0.3 is 0 Å². The topological polar surface area (TPSA) is 61.3 Å². The first kappa shape index (κ1) is 21.5. The molecule has 0 spiro atoms. The molecule has 0 aromatic heterocycles. The summed E-state index contributed by atoms with van der Waals surface area (Å²) in [6.07, 6.45) is 4.99. The van der Waals surface area contributed by atoms with Gasteiger partial charge in [-0.2, -0.15) is 0 Å². The smallest absolute Gasteiger partial charge is 0.131 e. The molecule has 0 saturated carbocycles. The average Bonchev–Trinajstić information content (AvgIpc) is 2.80. The number of anilines is 2. The lowest BCUT2D eigenvalue weighted by Crippen LogP contribution is -1.92. The standard InChI is InChI=1S/C29H30N2O/c1-2-3-4-5-21-6-8-22(9-7-21)23-10-12-24(13-11-23)25-14-16-28(17-15-25)32-29-19-26(30)18-27(31)20-29/h6-20H,2-5,30-31H2,1H3. The number of unbranched alkanes of at least 4 members (excludes halogenated alkanes) is 2. The lowest BCUT2D eigenvalue weighted by molar-refractivity contribution is 0.483. The Labute approximate surface area is 190 Å². The minimum atomic E-state index is 0.586. The highest BCUT2D eigenvalue weighted by Crippen LogP contribution is 2.30. The number of hydrogen-bond donors (Lipinski definition) is 2. The molecule has 4 aromatic carbocycles. The summed E-state index contributed by atoms with van der Waals surface area (Å²) in [6, 6.07) is 30.9. The van der Waals surface area contributed by atoms with Crippen molar-refractivity contribution in [3.05, 3.63) is 96.6 Å². The van der Waals surface area contributed by atoms with Crippen LogP contribution in [0.1, 0.15) is 31.7 Å². The first-order valence-corrected chi connectivity index (χ1v) is 11.2. The first-order chi connectivity index (χ1) is 15.6. The number of nitrogen functional groups attached to an aromatic ring is 2. The second-order valence-electron chi connectivity index (χ2n) is 8.19. The van der Waals surface area contributed by atoms with Gasteiger partial charge in [0.1, 0.15) is 11.5 Å². The molecule has 3 nitrogen and oxygen atoms in total. The minimum Gasteiger partial charge on any atom is -0.457 e. The van der Waals surface area contributed by atoms with E-state index in [-0.39, 0.29) is 0 Å². The van der Waals surface area contributed by atoms with E-state index in [0.29, 0.717) is 17.1 Å². The van der Waals surface area contributed by atoms with Crippen molar-refractivity contribution in [1.29, 1.82) is 0 Å². The van der Waals surface area contributed by atoms with Gasteiger partial charge in [-0.3, -0.25) is 0 Å². The normalized spacial score (nSPS) is 10.8. The lowest BCUT2D eigenvalue weighted by atomic mass is 9.98. The van der Waals surface area contributed by atoms with Crippen molar-refractivity contribution in [2.75, 3.05) is 11.5 Å². The molecule has 0 aliphatic carbocycles. The second kappa shape index (κ2) is 10.1. The molecule has 0 radical (unpaired) electrons. The van der Waals surface area contributed by atoms with Crippen LogP contribution in [0.15, 0.2) is 91.0 Å². The van der Waals surface area contributed by atoms with Crippen molar-refractivity contribution in [2.45, 2.75) is 32.6 Å². The monoisotopic (exact) mass is 422 g/mol. The molecule has 0 unspecified atom stereocenters. The van der Waals surface area contributed by atoms with E-state index < -0.39 is 0 Å². The van der Waals surface area contributed by atoms with Crippen LogP contribution in [0.25, 0.3) is 22.3 Å². The molecule has 0 fully saturated rings. The number of nitrogens with two attached hydrogens (primary N) is 2. The molecule has 162 valence electrons. The fraction of sp³-hybridized carbons (Fsp3) is 0.172. The lowest BCUT2D eigenvalue weighted by Gasteiger charge is -2.09. The Balaban J connectivity index is 1.42. The molecule has 0 bridgehead atoms. The van der Waals surface area contributed by atoms with Crippen molar-refractivity contribution < 1.29 is 4.74 Å². The fourth-order valence-electron chi connectivity index (χ4n) is 3.85. The van der Waals surface area contributed by atoms with Gasteiger partial charge in [0.25, 0.3) is 0 Å². The van der Waals surface area contributed by atoms with E-state index in [9.17, 15) is 0 Å². The largest absolute Gasteiger partial charge is 0.457 e. The van der Waals surface area contributed by atoms with Gasteiger partial charge < -0.3 is 16.2 Å². The highest BCUT2D eigenvalue weighted by Gasteiger charge is 2.04. The molecule has 4 N–H and O–H groups in total. The Kier molecular flexibility index (Phi) is 6.76. The van der Waals surface area contributed by atoms with E-state index >= 15 is 0 Å². The third-order valence-corrected chi connectivity index (χ3v) is 5.62. The third-order valence-electron chi connectivity index (χ3n) is 5.62.